The van der Waals surface area contributed by atoms with Crippen molar-refractivity contribution in [2.45, 2.75) is 14.7 Å². The average Bonchev–Trinajstić information content (AvgIpc) is 2.37. The highest BCUT2D eigenvalue weighted by molar-refractivity contribution is 7.99. The minimum atomic E-state index is -3.95. The van der Waals surface area contributed by atoms with E-state index >= 15 is 0 Å². The Bertz CT molecular complexity index is 806. The van der Waals surface area contributed by atoms with Gasteiger partial charge in [-0.1, -0.05) is 29.4 Å². The monoisotopic (exact) mass is 343 g/mol. The third kappa shape index (κ3) is 3.98. The molecule has 0 aliphatic carbocycles. The lowest BCUT2D eigenvalue weighted by molar-refractivity contribution is 0.0693. The molecule has 0 radical (unpaired) electrons. The summed E-state index contributed by atoms with van der Waals surface area (Å²) in [7, 11) is -3.95. The number of carboxylic acids is 1. The molecule has 3 N–H and O–H groups in total. The molecular weight excluding hydrogens is 334 g/mol. The maximum atomic E-state index is 11.3. The van der Waals surface area contributed by atoms with Gasteiger partial charge in [0.25, 0.3) is 0 Å². The van der Waals surface area contributed by atoms with Crippen molar-refractivity contribution < 1.29 is 18.3 Å². The molecule has 0 fully saturated rings. The number of hydrogen-bond donors (Lipinski definition) is 2. The van der Waals surface area contributed by atoms with Crippen LogP contribution in [0.1, 0.15) is 10.4 Å². The van der Waals surface area contributed by atoms with Crippen LogP contribution in [0.4, 0.5) is 0 Å². The lowest BCUT2D eigenvalue weighted by atomic mass is 10.2. The zero-order valence-corrected chi connectivity index (χ0v) is 12.9. The van der Waals surface area contributed by atoms with Crippen molar-refractivity contribution in [1.82, 2.24) is 0 Å². The number of aromatic carboxylic acids is 1. The molecule has 2 rings (SSSR count). The van der Waals surface area contributed by atoms with Crippen molar-refractivity contribution in [3.63, 3.8) is 0 Å². The highest BCUT2D eigenvalue weighted by Gasteiger charge is 2.16. The Morgan fingerprint density at radius 3 is 2.48 bits per heavy atom. The van der Waals surface area contributed by atoms with E-state index in [-0.39, 0.29) is 10.5 Å². The van der Waals surface area contributed by atoms with Crippen molar-refractivity contribution in [3.05, 3.63) is 53.1 Å². The lowest BCUT2D eigenvalue weighted by Gasteiger charge is -2.08. The maximum absolute atomic E-state index is 11.3. The summed E-state index contributed by atoms with van der Waals surface area (Å²) in [5.74, 6) is -1.23. The summed E-state index contributed by atoms with van der Waals surface area (Å²) in [5.41, 5.74) is -0.133. The summed E-state index contributed by atoms with van der Waals surface area (Å²) < 4.78 is 22.6. The second kappa shape index (κ2) is 6.07. The van der Waals surface area contributed by atoms with E-state index in [9.17, 15) is 18.3 Å². The van der Waals surface area contributed by atoms with E-state index < -0.39 is 16.0 Å². The quantitative estimate of drug-likeness (QED) is 0.889. The van der Waals surface area contributed by atoms with Crippen LogP contribution in [0.3, 0.4) is 0 Å². The van der Waals surface area contributed by atoms with Gasteiger partial charge >= 0.3 is 5.97 Å². The summed E-state index contributed by atoms with van der Waals surface area (Å²) >= 11 is 7.05. The summed E-state index contributed by atoms with van der Waals surface area (Å²) in [4.78, 5) is 12.2. The molecule has 0 bridgehead atoms. The molecule has 0 saturated heterocycles. The Labute approximate surface area is 130 Å². The Morgan fingerprint density at radius 2 is 1.90 bits per heavy atom. The van der Waals surface area contributed by atoms with E-state index in [0.29, 0.717) is 9.92 Å². The van der Waals surface area contributed by atoms with Gasteiger partial charge in [0.2, 0.25) is 10.0 Å². The van der Waals surface area contributed by atoms with Gasteiger partial charge in [0, 0.05) is 14.8 Å². The molecule has 8 heteroatoms. The van der Waals surface area contributed by atoms with Crippen molar-refractivity contribution in [1.29, 1.82) is 0 Å². The predicted octanol–water partition coefficient (Wildman–Crippen LogP) is 2.84. The molecule has 5 nitrogen and oxygen atoms in total. The highest BCUT2D eigenvalue weighted by Crippen LogP contribution is 2.32. The number of primary sulfonamides is 1. The fourth-order valence-corrected chi connectivity index (χ4v) is 3.37. The minimum Gasteiger partial charge on any atom is -0.478 e. The van der Waals surface area contributed by atoms with Crippen molar-refractivity contribution >= 4 is 39.4 Å². The largest absolute Gasteiger partial charge is 0.478 e. The van der Waals surface area contributed by atoms with Gasteiger partial charge in [-0.15, -0.1) is 0 Å². The summed E-state index contributed by atoms with van der Waals surface area (Å²) in [6.45, 7) is 0. The molecule has 110 valence electrons. The summed E-state index contributed by atoms with van der Waals surface area (Å²) in [6.07, 6.45) is 0. The maximum Gasteiger partial charge on any atom is 0.336 e. The third-order valence-electron chi connectivity index (χ3n) is 2.53. The van der Waals surface area contributed by atoms with Crippen molar-refractivity contribution in [2.75, 3.05) is 0 Å². The fourth-order valence-electron chi connectivity index (χ4n) is 1.60. The predicted molar refractivity (Wildman–Crippen MR) is 80.3 cm³/mol. The molecule has 21 heavy (non-hydrogen) atoms. The van der Waals surface area contributed by atoms with Gasteiger partial charge in [-0.3, -0.25) is 0 Å². The van der Waals surface area contributed by atoms with Crippen molar-refractivity contribution in [3.8, 4) is 0 Å². The summed E-state index contributed by atoms with van der Waals surface area (Å²) in [6, 6.07) is 10.6. The molecule has 0 heterocycles. The number of nitrogens with two attached hydrogens (primary N) is 1. The van der Waals surface area contributed by atoms with Gasteiger partial charge in [-0.2, -0.15) is 0 Å². The van der Waals surface area contributed by atoms with Crippen LogP contribution in [-0.4, -0.2) is 19.5 Å². The number of carbonyl (C=O) groups is 1. The number of halogens is 1. The van der Waals surface area contributed by atoms with E-state index in [4.69, 9.17) is 16.7 Å². The molecule has 0 aliphatic rings. The third-order valence-corrected chi connectivity index (χ3v) is 4.75. The first-order valence-corrected chi connectivity index (χ1v) is 8.35. The lowest BCUT2D eigenvalue weighted by Crippen LogP contribution is -2.13. The van der Waals surface area contributed by atoms with E-state index in [1.807, 2.05) is 0 Å². The first-order valence-electron chi connectivity index (χ1n) is 5.61. The van der Waals surface area contributed by atoms with Gasteiger partial charge in [-0.25, -0.2) is 18.4 Å². The van der Waals surface area contributed by atoms with Crippen LogP contribution in [-0.2, 0) is 10.0 Å². The number of carboxylic acid groups (broad SMARTS) is 1. The molecule has 0 unspecified atom stereocenters. The van der Waals surface area contributed by atoms with Gasteiger partial charge in [0.05, 0.1) is 10.5 Å². The smallest absolute Gasteiger partial charge is 0.336 e. The van der Waals surface area contributed by atoms with Crippen molar-refractivity contribution in [2.24, 2.45) is 5.14 Å². The molecule has 2 aromatic carbocycles. The zero-order valence-electron chi connectivity index (χ0n) is 10.5. The van der Waals surface area contributed by atoms with Crippen LogP contribution in [0, 0.1) is 0 Å². The number of rotatable bonds is 4. The van der Waals surface area contributed by atoms with Gasteiger partial charge in [-0.05, 0) is 36.4 Å². The van der Waals surface area contributed by atoms with Crippen LogP contribution < -0.4 is 5.14 Å². The van der Waals surface area contributed by atoms with Gasteiger partial charge in [0.15, 0.2) is 0 Å². The number of hydrogen-bond acceptors (Lipinski definition) is 4. The molecule has 2 aromatic rings. The second-order valence-corrected chi connectivity index (χ2v) is 7.18. The van der Waals surface area contributed by atoms with Crippen LogP contribution >= 0.6 is 23.4 Å². The highest BCUT2D eigenvalue weighted by atomic mass is 35.5. The Hall–Kier alpha value is -1.54. The molecule has 0 spiro atoms. The van der Waals surface area contributed by atoms with Gasteiger partial charge < -0.3 is 5.11 Å². The zero-order chi connectivity index (χ0) is 15.6. The molecule has 0 atom stereocenters. The average molecular weight is 344 g/mol. The number of benzene rings is 2. The Morgan fingerprint density at radius 1 is 1.19 bits per heavy atom. The topological polar surface area (TPSA) is 97.5 Å². The first-order chi connectivity index (χ1) is 9.77. The minimum absolute atomic E-state index is 0.133. The Kier molecular flexibility index (Phi) is 4.58. The van der Waals surface area contributed by atoms with Crippen LogP contribution in [0.25, 0.3) is 0 Å². The fraction of sp³-hybridized carbons (Fsp3) is 0. The van der Waals surface area contributed by atoms with Crippen LogP contribution in [0.5, 0.6) is 0 Å². The SMILES string of the molecule is NS(=O)(=O)c1ccc(Sc2cccc(Cl)c2)c(C(=O)O)c1. The van der Waals surface area contributed by atoms with Crippen LogP contribution in [0.15, 0.2) is 57.2 Å². The first kappa shape index (κ1) is 15.8. The Balaban J connectivity index is 2.47. The van der Waals surface area contributed by atoms with E-state index in [0.717, 1.165) is 11.0 Å². The van der Waals surface area contributed by atoms with E-state index in [2.05, 4.69) is 0 Å². The molecule has 0 aromatic heterocycles. The van der Waals surface area contributed by atoms with Gasteiger partial charge in [0.1, 0.15) is 0 Å². The van der Waals surface area contributed by atoms with Crippen LogP contribution in [0.2, 0.25) is 5.02 Å². The molecular formula is C13H10ClNO4S2. The normalized spacial score (nSPS) is 11.3. The standard InChI is InChI=1S/C13H10ClNO4S2/c14-8-2-1-3-9(6-8)20-12-5-4-10(21(15,18)19)7-11(12)13(16)17/h1-7H,(H,16,17)(H2,15,18,19). The van der Waals surface area contributed by atoms with E-state index in [1.165, 1.54) is 23.9 Å². The number of sulfonamides is 1. The molecule has 0 aliphatic heterocycles. The summed E-state index contributed by atoms with van der Waals surface area (Å²) in [5, 5.41) is 14.7. The molecule has 0 saturated carbocycles. The van der Waals surface area contributed by atoms with E-state index in [1.54, 1.807) is 24.3 Å². The molecule has 0 amide bonds. The second-order valence-electron chi connectivity index (χ2n) is 4.07.